The first-order chi connectivity index (χ1) is 10.0. The summed E-state index contributed by atoms with van der Waals surface area (Å²) in [5.74, 6) is 0. The molecular weight excluding hydrogens is 295 g/mol. The Bertz CT molecular complexity index is 538. The van der Waals surface area contributed by atoms with E-state index in [-0.39, 0.29) is 16.7 Å². The predicted molar refractivity (Wildman–Crippen MR) is 80.2 cm³/mol. The van der Waals surface area contributed by atoms with Crippen molar-refractivity contribution in [1.29, 1.82) is 0 Å². The number of nitrogens with one attached hydrogen (secondary N) is 1. The molecule has 0 radical (unpaired) electrons. The molecule has 0 aliphatic rings. The molecule has 0 amide bonds. The van der Waals surface area contributed by atoms with E-state index >= 15 is 0 Å². The van der Waals surface area contributed by atoms with Gasteiger partial charge in [-0.3, -0.25) is 0 Å². The standard InChI is InChI=1S/C16H16F3NS/c17-16(18,19)21-15-8-6-14(7-9-15)12-20-11-10-13-4-2-1-3-5-13/h1-9,20H,10-12H2. The van der Waals surface area contributed by atoms with Crippen molar-refractivity contribution in [2.24, 2.45) is 0 Å². The van der Waals surface area contributed by atoms with Gasteiger partial charge >= 0.3 is 5.51 Å². The second-order valence-corrected chi connectivity index (χ2v) is 5.74. The molecular formula is C16H16F3NS. The Morgan fingerprint density at radius 1 is 0.857 bits per heavy atom. The van der Waals surface area contributed by atoms with Crippen LogP contribution in [0, 0.1) is 0 Å². The van der Waals surface area contributed by atoms with Crippen molar-refractivity contribution < 1.29 is 13.2 Å². The molecule has 2 aromatic rings. The summed E-state index contributed by atoms with van der Waals surface area (Å²) in [4.78, 5) is 0.218. The van der Waals surface area contributed by atoms with E-state index in [0.717, 1.165) is 18.5 Å². The molecule has 0 spiro atoms. The SMILES string of the molecule is FC(F)(F)Sc1ccc(CNCCc2ccccc2)cc1. The van der Waals surface area contributed by atoms with E-state index in [4.69, 9.17) is 0 Å². The topological polar surface area (TPSA) is 12.0 Å². The predicted octanol–water partition coefficient (Wildman–Crippen LogP) is 4.63. The molecule has 0 heterocycles. The van der Waals surface area contributed by atoms with Gasteiger partial charge in [-0.1, -0.05) is 42.5 Å². The summed E-state index contributed by atoms with van der Waals surface area (Å²) >= 11 is -0.0853. The van der Waals surface area contributed by atoms with Gasteiger partial charge < -0.3 is 5.32 Å². The largest absolute Gasteiger partial charge is 0.446 e. The number of hydrogen-bond donors (Lipinski definition) is 1. The van der Waals surface area contributed by atoms with Crippen molar-refractivity contribution in [1.82, 2.24) is 5.32 Å². The quantitative estimate of drug-likeness (QED) is 0.616. The molecule has 0 unspecified atom stereocenters. The fourth-order valence-corrected chi connectivity index (χ4v) is 2.46. The maximum absolute atomic E-state index is 12.2. The van der Waals surface area contributed by atoms with Crippen LogP contribution in [0.2, 0.25) is 0 Å². The molecule has 112 valence electrons. The van der Waals surface area contributed by atoms with Gasteiger partial charge in [-0.15, -0.1) is 0 Å². The first-order valence-corrected chi connectivity index (χ1v) is 7.44. The van der Waals surface area contributed by atoms with Crippen LogP contribution in [0.15, 0.2) is 59.5 Å². The molecule has 1 N–H and O–H groups in total. The lowest BCUT2D eigenvalue weighted by atomic mass is 10.1. The van der Waals surface area contributed by atoms with Crippen LogP contribution in [0.1, 0.15) is 11.1 Å². The molecule has 0 aliphatic carbocycles. The van der Waals surface area contributed by atoms with Crippen molar-refractivity contribution in [3.8, 4) is 0 Å². The molecule has 2 aromatic carbocycles. The van der Waals surface area contributed by atoms with E-state index in [1.807, 2.05) is 18.2 Å². The number of alkyl halides is 3. The average Bonchev–Trinajstić information content (AvgIpc) is 2.45. The van der Waals surface area contributed by atoms with E-state index in [1.54, 1.807) is 12.1 Å². The third kappa shape index (κ3) is 6.23. The molecule has 0 saturated carbocycles. The van der Waals surface area contributed by atoms with E-state index < -0.39 is 5.51 Å². The van der Waals surface area contributed by atoms with Gasteiger partial charge in [0, 0.05) is 11.4 Å². The van der Waals surface area contributed by atoms with Crippen molar-refractivity contribution in [2.45, 2.75) is 23.4 Å². The van der Waals surface area contributed by atoms with E-state index in [0.29, 0.717) is 6.54 Å². The number of thioether (sulfide) groups is 1. The van der Waals surface area contributed by atoms with Crippen LogP contribution in [0.3, 0.4) is 0 Å². The average molecular weight is 311 g/mol. The summed E-state index contributed by atoms with van der Waals surface area (Å²) in [5, 5.41) is 3.29. The van der Waals surface area contributed by atoms with E-state index in [1.165, 1.54) is 17.7 Å². The van der Waals surface area contributed by atoms with Gasteiger partial charge in [-0.25, -0.2) is 0 Å². The zero-order valence-electron chi connectivity index (χ0n) is 11.4. The molecule has 0 bridgehead atoms. The second-order valence-electron chi connectivity index (χ2n) is 4.60. The summed E-state index contributed by atoms with van der Waals surface area (Å²) in [5.41, 5.74) is -1.98. The molecule has 0 aliphatic heterocycles. The van der Waals surface area contributed by atoms with E-state index in [9.17, 15) is 13.2 Å². The fourth-order valence-electron chi connectivity index (χ4n) is 1.92. The lowest BCUT2D eigenvalue weighted by Gasteiger charge is -2.08. The minimum atomic E-state index is -4.23. The summed E-state index contributed by atoms with van der Waals surface area (Å²) in [6.45, 7) is 1.49. The highest BCUT2D eigenvalue weighted by atomic mass is 32.2. The Kier molecular flexibility index (Phi) is 5.70. The number of rotatable bonds is 6. The summed E-state index contributed by atoms with van der Waals surface area (Å²) in [6, 6.07) is 16.6. The van der Waals surface area contributed by atoms with Gasteiger partial charge in [-0.05, 0) is 48.0 Å². The third-order valence-electron chi connectivity index (χ3n) is 2.92. The van der Waals surface area contributed by atoms with Crippen molar-refractivity contribution in [2.75, 3.05) is 6.54 Å². The molecule has 21 heavy (non-hydrogen) atoms. The maximum Gasteiger partial charge on any atom is 0.446 e. The molecule has 0 fully saturated rings. The molecule has 0 saturated heterocycles. The smallest absolute Gasteiger partial charge is 0.312 e. The minimum Gasteiger partial charge on any atom is -0.312 e. The highest BCUT2D eigenvalue weighted by Gasteiger charge is 2.28. The molecule has 0 atom stereocenters. The monoisotopic (exact) mass is 311 g/mol. The Labute approximate surface area is 126 Å². The van der Waals surface area contributed by atoms with Crippen molar-refractivity contribution in [3.63, 3.8) is 0 Å². The van der Waals surface area contributed by atoms with Gasteiger partial charge in [0.2, 0.25) is 0 Å². The maximum atomic E-state index is 12.2. The number of halogens is 3. The second kappa shape index (κ2) is 7.52. The zero-order chi connectivity index (χ0) is 15.1. The summed E-state index contributed by atoms with van der Waals surface area (Å²) in [7, 11) is 0. The minimum absolute atomic E-state index is 0.0853. The van der Waals surface area contributed by atoms with Crippen LogP contribution < -0.4 is 5.32 Å². The summed E-state index contributed by atoms with van der Waals surface area (Å²) < 4.78 is 36.6. The third-order valence-corrected chi connectivity index (χ3v) is 3.66. The van der Waals surface area contributed by atoms with Crippen LogP contribution in [0.25, 0.3) is 0 Å². The van der Waals surface area contributed by atoms with Crippen LogP contribution in [-0.4, -0.2) is 12.1 Å². The Morgan fingerprint density at radius 3 is 2.14 bits per heavy atom. The van der Waals surface area contributed by atoms with Crippen LogP contribution in [0.5, 0.6) is 0 Å². The number of benzene rings is 2. The van der Waals surface area contributed by atoms with E-state index in [2.05, 4.69) is 17.4 Å². The van der Waals surface area contributed by atoms with Crippen LogP contribution in [-0.2, 0) is 13.0 Å². The first-order valence-electron chi connectivity index (χ1n) is 6.62. The van der Waals surface area contributed by atoms with Gasteiger partial charge in [0.1, 0.15) is 0 Å². The Morgan fingerprint density at radius 2 is 1.52 bits per heavy atom. The Balaban J connectivity index is 1.74. The Hall–Kier alpha value is -1.46. The normalized spacial score (nSPS) is 11.6. The fraction of sp³-hybridized carbons (Fsp3) is 0.250. The lowest BCUT2D eigenvalue weighted by Crippen LogP contribution is -2.16. The van der Waals surface area contributed by atoms with Gasteiger partial charge in [-0.2, -0.15) is 13.2 Å². The molecule has 1 nitrogen and oxygen atoms in total. The highest BCUT2D eigenvalue weighted by Crippen LogP contribution is 2.36. The van der Waals surface area contributed by atoms with Crippen molar-refractivity contribution in [3.05, 3.63) is 65.7 Å². The molecule has 2 rings (SSSR count). The summed E-state index contributed by atoms with van der Waals surface area (Å²) in [6.07, 6.45) is 0.933. The van der Waals surface area contributed by atoms with Gasteiger partial charge in [0.05, 0.1) is 0 Å². The molecule has 5 heteroatoms. The van der Waals surface area contributed by atoms with Gasteiger partial charge in [0.15, 0.2) is 0 Å². The van der Waals surface area contributed by atoms with Crippen LogP contribution in [0.4, 0.5) is 13.2 Å². The zero-order valence-corrected chi connectivity index (χ0v) is 12.2. The highest BCUT2D eigenvalue weighted by molar-refractivity contribution is 8.00. The lowest BCUT2D eigenvalue weighted by molar-refractivity contribution is -0.0328. The van der Waals surface area contributed by atoms with Crippen molar-refractivity contribution >= 4 is 11.8 Å². The van der Waals surface area contributed by atoms with Gasteiger partial charge in [0.25, 0.3) is 0 Å². The molecule has 0 aromatic heterocycles. The number of hydrogen-bond acceptors (Lipinski definition) is 2. The first kappa shape index (κ1) is 15.9. The van der Waals surface area contributed by atoms with Crippen LogP contribution >= 0.6 is 11.8 Å².